The number of hydrogen-bond donors (Lipinski definition) is 0. The highest BCUT2D eigenvalue weighted by Crippen LogP contribution is 2.19. The Morgan fingerprint density at radius 1 is 1.57 bits per heavy atom. The number of hydrogen-bond acceptors (Lipinski definition) is 4. The van der Waals surface area contributed by atoms with Gasteiger partial charge in [-0.2, -0.15) is 5.26 Å². The normalized spacial score (nSPS) is 10.1. The molecule has 0 spiro atoms. The number of nitrogens with zero attached hydrogens (tertiary/aromatic N) is 4. The molecule has 2 aromatic rings. The molecule has 0 aromatic carbocycles. The lowest BCUT2D eigenvalue weighted by Crippen LogP contribution is -1.91. The van der Waals surface area contributed by atoms with Gasteiger partial charge in [0, 0.05) is 11.9 Å². The first-order valence-electron chi connectivity index (χ1n) is 4.06. The summed E-state index contributed by atoms with van der Waals surface area (Å²) in [7, 11) is 1.48. The van der Waals surface area contributed by atoms with Crippen molar-refractivity contribution in [2.75, 3.05) is 7.11 Å². The average Bonchev–Trinajstić information content (AvgIpc) is 2.54. The summed E-state index contributed by atoms with van der Waals surface area (Å²) >= 11 is 0. The van der Waals surface area contributed by atoms with Crippen LogP contribution in [0, 0.1) is 18.3 Å². The third-order valence-corrected chi connectivity index (χ3v) is 1.90. The van der Waals surface area contributed by atoms with E-state index < -0.39 is 0 Å². The van der Waals surface area contributed by atoms with Crippen molar-refractivity contribution in [3.05, 3.63) is 23.5 Å². The van der Waals surface area contributed by atoms with E-state index in [0.717, 1.165) is 5.69 Å². The summed E-state index contributed by atoms with van der Waals surface area (Å²) in [5.74, 6) is 0.311. The number of rotatable bonds is 1. The van der Waals surface area contributed by atoms with Gasteiger partial charge in [-0.15, -0.1) is 5.10 Å². The van der Waals surface area contributed by atoms with Crippen LogP contribution in [0.15, 0.2) is 12.3 Å². The molecule has 0 N–H and O–H groups in total. The van der Waals surface area contributed by atoms with Gasteiger partial charge in [0.15, 0.2) is 11.2 Å². The van der Waals surface area contributed by atoms with E-state index in [4.69, 9.17) is 10.00 Å². The van der Waals surface area contributed by atoms with Gasteiger partial charge in [0.25, 0.3) is 5.88 Å². The molecular formula is C9H8N4O. The second kappa shape index (κ2) is 3.00. The SMILES string of the molecule is COc1nn2ccc(C)nc2c1C#N. The largest absolute Gasteiger partial charge is 0.479 e. The molecule has 0 atom stereocenters. The Morgan fingerprint density at radius 3 is 3.00 bits per heavy atom. The molecule has 70 valence electrons. The summed E-state index contributed by atoms with van der Waals surface area (Å²) in [6.45, 7) is 1.86. The van der Waals surface area contributed by atoms with Gasteiger partial charge in [-0.05, 0) is 13.0 Å². The van der Waals surface area contributed by atoms with E-state index >= 15 is 0 Å². The van der Waals surface area contributed by atoms with Crippen LogP contribution in [0.1, 0.15) is 11.3 Å². The van der Waals surface area contributed by atoms with Crippen molar-refractivity contribution in [2.24, 2.45) is 0 Å². The Balaban J connectivity index is 2.83. The molecule has 0 radical (unpaired) electrons. The molecule has 0 saturated carbocycles. The maximum absolute atomic E-state index is 8.90. The minimum atomic E-state index is 0.311. The van der Waals surface area contributed by atoms with Gasteiger partial charge in [0.2, 0.25) is 0 Å². The van der Waals surface area contributed by atoms with Crippen molar-refractivity contribution in [1.29, 1.82) is 5.26 Å². The zero-order valence-electron chi connectivity index (χ0n) is 7.85. The Hall–Kier alpha value is -2.09. The van der Waals surface area contributed by atoms with Crippen LogP contribution in [0.3, 0.4) is 0 Å². The van der Waals surface area contributed by atoms with Crippen LogP contribution in [0.25, 0.3) is 5.65 Å². The van der Waals surface area contributed by atoms with Crippen LogP contribution < -0.4 is 4.74 Å². The summed E-state index contributed by atoms with van der Waals surface area (Å²) in [6.07, 6.45) is 1.75. The van der Waals surface area contributed by atoms with E-state index in [0.29, 0.717) is 17.1 Å². The fourth-order valence-electron chi connectivity index (χ4n) is 1.24. The van der Waals surface area contributed by atoms with Crippen molar-refractivity contribution >= 4 is 5.65 Å². The van der Waals surface area contributed by atoms with Crippen molar-refractivity contribution in [2.45, 2.75) is 6.92 Å². The predicted molar refractivity (Wildman–Crippen MR) is 49.0 cm³/mol. The van der Waals surface area contributed by atoms with Gasteiger partial charge in [-0.3, -0.25) is 0 Å². The van der Waals surface area contributed by atoms with E-state index in [-0.39, 0.29) is 0 Å². The van der Waals surface area contributed by atoms with Crippen LogP contribution in [-0.2, 0) is 0 Å². The molecule has 0 saturated heterocycles. The predicted octanol–water partition coefficient (Wildman–Crippen LogP) is 0.918. The smallest absolute Gasteiger partial charge is 0.253 e. The fraction of sp³-hybridized carbons (Fsp3) is 0.222. The Kier molecular flexibility index (Phi) is 1.82. The van der Waals surface area contributed by atoms with Crippen LogP contribution in [-0.4, -0.2) is 21.7 Å². The fourth-order valence-corrected chi connectivity index (χ4v) is 1.24. The van der Waals surface area contributed by atoms with E-state index in [9.17, 15) is 0 Å². The molecule has 0 fully saturated rings. The average molecular weight is 188 g/mol. The van der Waals surface area contributed by atoms with Gasteiger partial charge in [-0.25, -0.2) is 9.50 Å². The highest BCUT2D eigenvalue weighted by atomic mass is 16.5. The molecule has 0 amide bonds. The minimum absolute atomic E-state index is 0.311. The Bertz CT molecular complexity index is 523. The topological polar surface area (TPSA) is 63.2 Å². The van der Waals surface area contributed by atoms with E-state index in [1.54, 1.807) is 6.20 Å². The van der Waals surface area contributed by atoms with E-state index in [1.807, 2.05) is 19.1 Å². The third-order valence-electron chi connectivity index (χ3n) is 1.90. The van der Waals surface area contributed by atoms with Gasteiger partial charge in [0.1, 0.15) is 6.07 Å². The zero-order chi connectivity index (χ0) is 10.1. The monoisotopic (exact) mass is 188 g/mol. The molecule has 0 aliphatic carbocycles. The Labute approximate surface area is 80.6 Å². The minimum Gasteiger partial charge on any atom is -0.479 e. The molecule has 2 heterocycles. The lowest BCUT2D eigenvalue weighted by molar-refractivity contribution is 0.394. The maximum Gasteiger partial charge on any atom is 0.253 e. The lowest BCUT2D eigenvalue weighted by atomic mass is 10.3. The highest BCUT2D eigenvalue weighted by Gasteiger charge is 2.13. The number of ether oxygens (including phenoxy) is 1. The van der Waals surface area contributed by atoms with Gasteiger partial charge < -0.3 is 4.74 Å². The van der Waals surface area contributed by atoms with Crippen molar-refractivity contribution < 1.29 is 4.74 Å². The first kappa shape index (κ1) is 8.51. The van der Waals surface area contributed by atoms with Crippen LogP contribution in [0.2, 0.25) is 0 Å². The van der Waals surface area contributed by atoms with Crippen LogP contribution >= 0.6 is 0 Å². The molecule has 2 aromatic heterocycles. The molecule has 0 aliphatic rings. The molecule has 0 unspecified atom stereocenters. The summed E-state index contributed by atoms with van der Waals surface area (Å²) < 4.78 is 6.50. The summed E-state index contributed by atoms with van der Waals surface area (Å²) in [6, 6.07) is 3.85. The summed E-state index contributed by atoms with van der Waals surface area (Å²) in [5.41, 5.74) is 1.75. The zero-order valence-corrected chi connectivity index (χ0v) is 7.85. The van der Waals surface area contributed by atoms with Crippen LogP contribution in [0.5, 0.6) is 5.88 Å². The number of aryl methyl sites for hydroxylation is 1. The third kappa shape index (κ3) is 1.09. The molecule has 0 bridgehead atoms. The summed E-state index contributed by atoms with van der Waals surface area (Å²) in [5, 5.41) is 13.0. The van der Waals surface area contributed by atoms with Crippen molar-refractivity contribution in [3.8, 4) is 11.9 Å². The summed E-state index contributed by atoms with van der Waals surface area (Å²) in [4.78, 5) is 4.21. The second-order valence-electron chi connectivity index (χ2n) is 2.83. The number of nitriles is 1. The van der Waals surface area contributed by atoms with Gasteiger partial charge in [-0.1, -0.05) is 0 Å². The quantitative estimate of drug-likeness (QED) is 0.667. The molecular weight excluding hydrogens is 180 g/mol. The first-order valence-corrected chi connectivity index (χ1v) is 4.06. The van der Waals surface area contributed by atoms with Crippen molar-refractivity contribution in [3.63, 3.8) is 0 Å². The number of fused-ring (bicyclic) bond motifs is 1. The Morgan fingerprint density at radius 2 is 2.36 bits per heavy atom. The van der Waals surface area contributed by atoms with E-state index in [2.05, 4.69) is 10.1 Å². The maximum atomic E-state index is 8.90. The van der Waals surface area contributed by atoms with Crippen molar-refractivity contribution in [1.82, 2.24) is 14.6 Å². The van der Waals surface area contributed by atoms with Gasteiger partial charge in [0.05, 0.1) is 7.11 Å². The molecule has 2 rings (SSSR count). The van der Waals surface area contributed by atoms with Gasteiger partial charge >= 0.3 is 0 Å². The first-order chi connectivity index (χ1) is 6.76. The molecule has 0 aliphatic heterocycles. The molecule has 5 nitrogen and oxygen atoms in total. The standard InChI is InChI=1S/C9H8N4O/c1-6-3-4-13-8(11-6)7(5-10)9(12-13)14-2/h3-4H,1-2H3. The van der Waals surface area contributed by atoms with Crippen LogP contribution in [0.4, 0.5) is 0 Å². The van der Waals surface area contributed by atoms with E-state index in [1.165, 1.54) is 11.6 Å². The second-order valence-corrected chi connectivity index (χ2v) is 2.83. The lowest BCUT2D eigenvalue weighted by Gasteiger charge is -1.92. The number of aromatic nitrogens is 3. The molecule has 5 heteroatoms. The number of methoxy groups -OCH3 is 1. The highest BCUT2D eigenvalue weighted by molar-refractivity contribution is 5.60. The molecule has 14 heavy (non-hydrogen) atoms.